The Labute approximate surface area is 190 Å². The molecule has 2 atom stereocenters. The van der Waals surface area contributed by atoms with Gasteiger partial charge in [0, 0.05) is 24.4 Å². The van der Waals surface area contributed by atoms with Gasteiger partial charge >= 0.3 is 6.09 Å². The number of amides is 2. The fraction of sp³-hybridized carbons (Fsp3) is 0.458. The Hall–Kier alpha value is -3.29. The van der Waals surface area contributed by atoms with E-state index in [0.29, 0.717) is 18.8 Å². The number of nitrogens with zero attached hydrogens (tertiary/aromatic N) is 1. The van der Waals surface area contributed by atoms with Crippen LogP contribution < -0.4 is 21.7 Å². The highest BCUT2D eigenvalue weighted by Gasteiger charge is 2.25. The summed E-state index contributed by atoms with van der Waals surface area (Å²) >= 11 is 0. The summed E-state index contributed by atoms with van der Waals surface area (Å²) in [4.78, 5) is 28.6. The lowest BCUT2D eigenvalue weighted by molar-refractivity contribution is -0.115. The number of nitrogens with one attached hydrogen (secondary N) is 3. The minimum atomic E-state index is -0.571. The Balaban J connectivity index is 2.17. The van der Waals surface area contributed by atoms with Crippen molar-refractivity contribution in [3.05, 3.63) is 54.0 Å². The Kier molecular flexibility index (Phi) is 8.46. The van der Waals surface area contributed by atoms with Crippen molar-refractivity contribution in [2.24, 2.45) is 10.7 Å². The van der Waals surface area contributed by atoms with E-state index in [9.17, 15) is 9.59 Å². The zero-order chi connectivity index (χ0) is 23.9. The average molecular weight is 442 g/mol. The van der Waals surface area contributed by atoms with Crippen LogP contribution in [0, 0.1) is 0 Å². The molecule has 5 N–H and O–H groups in total. The summed E-state index contributed by atoms with van der Waals surface area (Å²) in [5.41, 5.74) is 7.98. The van der Waals surface area contributed by atoms with E-state index in [-0.39, 0.29) is 17.7 Å². The molecule has 0 saturated heterocycles. The van der Waals surface area contributed by atoms with Crippen molar-refractivity contribution in [3.8, 4) is 0 Å². The summed E-state index contributed by atoms with van der Waals surface area (Å²) in [5, 5.41) is 9.22. The van der Waals surface area contributed by atoms with Crippen molar-refractivity contribution in [2.75, 3.05) is 11.9 Å². The molecule has 0 saturated carbocycles. The number of nitrogens with two attached hydrogens (primary N) is 1. The van der Waals surface area contributed by atoms with Crippen LogP contribution in [0.3, 0.4) is 0 Å². The first-order chi connectivity index (χ1) is 15.0. The van der Waals surface area contributed by atoms with Gasteiger partial charge in [-0.15, -0.1) is 6.58 Å². The van der Waals surface area contributed by atoms with Gasteiger partial charge in [0.25, 0.3) is 5.91 Å². The molecule has 8 heteroatoms. The summed E-state index contributed by atoms with van der Waals surface area (Å²) in [6.07, 6.45) is 2.72. The predicted molar refractivity (Wildman–Crippen MR) is 128 cm³/mol. The third kappa shape index (κ3) is 7.14. The number of primary amides is 1. The van der Waals surface area contributed by atoms with Gasteiger partial charge < -0.3 is 26.4 Å². The van der Waals surface area contributed by atoms with Crippen LogP contribution in [-0.2, 0) is 9.53 Å². The molecule has 8 nitrogen and oxygen atoms in total. The fourth-order valence-electron chi connectivity index (χ4n) is 3.28. The van der Waals surface area contributed by atoms with E-state index >= 15 is 0 Å². The SMILES string of the molecule is C=CCC1=NC(Nc2cccc([C@@H](C)CNC(=O)OC(C)(C)C)c2)=C(C(N)=O)NC1CC. The lowest BCUT2D eigenvalue weighted by Crippen LogP contribution is -2.44. The van der Waals surface area contributed by atoms with Gasteiger partial charge in [0.15, 0.2) is 5.82 Å². The lowest BCUT2D eigenvalue weighted by atomic mass is 10.0. The maximum atomic E-state index is 12.0. The van der Waals surface area contributed by atoms with E-state index in [1.54, 1.807) is 6.08 Å². The third-order valence-electron chi connectivity index (χ3n) is 4.89. The van der Waals surface area contributed by atoms with E-state index < -0.39 is 17.6 Å². The van der Waals surface area contributed by atoms with Crippen LogP contribution in [-0.4, -0.2) is 35.9 Å². The first kappa shape index (κ1) is 25.0. The molecular weight excluding hydrogens is 406 g/mol. The molecular formula is C24H35N5O3. The fourth-order valence-corrected chi connectivity index (χ4v) is 3.28. The van der Waals surface area contributed by atoms with Crippen molar-refractivity contribution >= 4 is 23.4 Å². The second kappa shape index (κ2) is 10.8. The van der Waals surface area contributed by atoms with Crippen molar-refractivity contribution in [1.82, 2.24) is 10.6 Å². The maximum Gasteiger partial charge on any atom is 0.407 e. The highest BCUT2D eigenvalue weighted by Crippen LogP contribution is 2.23. The Morgan fingerprint density at radius 1 is 1.38 bits per heavy atom. The molecule has 1 unspecified atom stereocenters. The van der Waals surface area contributed by atoms with Crippen LogP contribution in [0.4, 0.5) is 10.5 Å². The minimum absolute atomic E-state index is 0.0441. The molecule has 1 aliphatic heterocycles. The molecule has 0 aliphatic carbocycles. The molecule has 0 bridgehead atoms. The quantitative estimate of drug-likeness (QED) is 0.435. The smallest absolute Gasteiger partial charge is 0.407 e. The number of carbonyl (C=O) groups is 2. The molecule has 0 aromatic heterocycles. The van der Waals surface area contributed by atoms with Gasteiger partial charge in [-0.25, -0.2) is 9.79 Å². The Bertz CT molecular complexity index is 914. The molecule has 0 fully saturated rings. The monoisotopic (exact) mass is 441 g/mol. The largest absolute Gasteiger partial charge is 0.444 e. The summed E-state index contributed by atoms with van der Waals surface area (Å²) in [6.45, 7) is 13.7. The highest BCUT2D eigenvalue weighted by molar-refractivity contribution is 5.99. The number of alkyl carbamates (subject to hydrolysis) is 1. The predicted octanol–water partition coefficient (Wildman–Crippen LogP) is 3.78. The summed E-state index contributed by atoms with van der Waals surface area (Å²) in [7, 11) is 0. The molecule has 1 aliphatic rings. The van der Waals surface area contributed by atoms with Gasteiger partial charge in [-0.1, -0.05) is 32.1 Å². The van der Waals surface area contributed by atoms with Crippen LogP contribution in [0.5, 0.6) is 0 Å². The first-order valence-electron chi connectivity index (χ1n) is 10.9. The van der Waals surface area contributed by atoms with Crippen LogP contribution in [0.1, 0.15) is 58.9 Å². The Morgan fingerprint density at radius 2 is 2.09 bits per heavy atom. The normalized spacial score (nSPS) is 17.0. The number of ether oxygens (including phenoxy) is 1. The van der Waals surface area contributed by atoms with E-state index in [2.05, 4.69) is 27.5 Å². The van der Waals surface area contributed by atoms with Crippen molar-refractivity contribution in [1.29, 1.82) is 0 Å². The van der Waals surface area contributed by atoms with Crippen LogP contribution in [0.2, 0.25) is 0 Å². The third-order valence-corrected chi connectivity index (χ3v) is 4.89. The van der Waals surface area contributed by atoms with E-state index in [1.165, 1.54) is 0 Å². The van der Waals surface area contributed by atoms with Gasteiger partial charge in [0.2, 0.25) is 0 Å². The van der Waals surface area contributed by atoms with E-state index in [4.69, 9.17) is 10.5 Å². The maximum absolute atomic E-state index is 12.0. The van der Waals surface area contributed by atoms with Gasteiger partial charge in [0.05, 0.1) is 6.04 Å². The van der Waals surface area contributed by atoms with Gasteiger partial charge in [-0.05, 0) is 50.8 Å². The molecule has 2 rings (SSSR count). The second-order valence-corrected chi connectivity index (χ2v) is 8.82. The molecule has 2 amide bonds. The number of aliphatic imine (C=N–C) groups is 1. The molecule has 32 heavy (non-hydrogen) atoms. The number of hydrogen-bond donors (Lipinski definition) is 4. The Morgan fingerprint density at radius 3 is 2.69 bits per heavy atom. The van der Waals surface area contributed by atoms with Crippen molar-refractivity contribution in [3.63, 3.8) is 0 Å². The van der Waals surface area contributed by atoms with Crippen LogP contribution >= 0.6 is 0 Å². The topological polar surface area (TPSA) is 118 Å². The van der Waals surface area contributed by atoms with Gasteiger partial charge in [0.1, 0.15) is 11.3 Å². The van der Waals surface area contributed by atoms with Crippen LogP contribution in [0.15, 0.2) is 53.4 Å². The molecule has 1 aromatic rings. The number of rotatable bonds is 9. The number of carbonyl (C=O) groups excluding carboxylic acids is 2. The van der Waals surface area contributed by atoms with Crippen molar-refractivity contribution < 1.29 is 14.3 Å². The number of benzene rings is 1. The highest BCUT2D eigenvalue weighted by atomic mass is 16.6. The second-order valence-electron chi connectivity index (χ2n) is 8.82. The van der Waals surface area contributed by atoms with E-state index in [1.807, 2.05) is 58.9 Å². The zero-order valence-electron chi connectivity index (χ0n) is 19.6. The minimum Gasteiger partial charge on any atom is -0.444 e. The standard InChI is InChI=1S/C24H35N5O3/c1-7-10-19-18(8-2)28-20(21(25)30)22(29-19)27-17-12-9-11-16(13-17)15(3)14-26-23(31)32-24(4,5)6/h7,9,11-13,15,18,27-28H,1,8,10,14H2,2-6H3,(H2,25,30)(H,26,31)/t15-,18?/m0/s1. The number of hydrogen-bond acceptors (Lipinski definition) is 6. The number of anilines is 1. The molecule has 174 valence electrons. The van der Waals surface area contributed by atoms with Gasteiger partial charge in [-0.2, -0.15) is 0 Å². The summed E-state index contributed by atoms with van der Waals surface area (Å²) < 4.78 is 5.29. The molecule has 1 heterocycles. The molecule has 0 spiro atoms. The molecule has 0 radical (unpaired) electrons. The summed E-state index contributed by atoms with van der Waals surface area (Å²) in [5.74, 6) is -0.142. The van der Waals surface area contributed by atoms with Gasteiger partial charge in [-0.3, -0.25) is 4.79 Å². The van der Waals surface area contributed by atoms with Crippen molar-refractivity contribution in [2.45, 2.75) is 65.0 Å². The average Bonchev–Trinajstić information content (AvgIpc) is 2.71. The van der Waals surface area contributed by atoms with E-state index in [0.717, 1.165) is 23.4 Å². The summed E-state index contributed by atoms with van der Waals surface area (Å²) in [6, 6.07) is 7.67. The zero-order valence-corrected chi connectivity index (χ0v) is 19.6. The first-order valence-corrected chi connectivity index (χ1v) is 10.9. The number of allylic oxidation sites excluding steroid dienone is 1. The van der Waals surface area contributed by atoms with Crippen LogP contribution in [0.25, 0.3) is 0 Å². The lowest BCUT2D eigenvalue weighted by Gasteiger charge is -2.27. The molecule has 1 aromatic carbocycles.